The quantitative estimate of drug-likeness (QED) is 0.115. The Morgan fingerprint density at radius 2 is 0.317 bits per heavy atom. The molecule has 0 radical (unpaired) electrons. The normalized spacial score (nSPS) is 23.0. The van der Waals surface area contributed by atoms with Gasteiger partial charge in [-0.05, 0) is 313 Å². The third-order valence-electron chi connectivity index (χ3n) is 23.5. The molecule has 5 aliphatic carbocycles. The van der Waals surface area contributed by atoms with Crippen molar-refractivity contribution < 1.29 is 0 Å². The molecule has 2 heteroatoms. The van der Waals surface area contributed by atoms with Crippen LogP contribution in [0.1, 0.15) is 33.4 Å². The smallest absolute Gasteiger partial charge is 0.123 e. The Labute approximate surface area is 350 Å². The summed E-state index contributed by atoms with van der Waals surface area (Å²) in [6, 6.07) is 0. The minimum atomic E-state index is -0.766. The molecule has 0 heterocycles. The molecular formula is C61H2Cl2. The summed E-state index contributed by atoms with van der Waals surface area (Å²) in [5.74, 6) is 0.553. The zero-order valence-electron chi connectivity index (χ0n) is 31.5. The fourth-order valence-corrected chi connectivity index (χ4v) is 24.5. The Hall–Kier alpha value is -6.96. The van der Waals surface area contributed by atoms with Crippen molar-refractivity contribution >= 4 is 303 Å². The lowest BCUT2D eigenvalue weighted by atomic mass is 9.60. The van der Waals surface area contributed by atoms with Gasteiger partial charge in [-0.1, -0.05) is 0 Å². The molecule has 0 amide bonds. The van der Waals surface area contributed by atoms with E-state index in [9.17, 15) is 11.6 Å². The van der Waals surface area contributed by atoms with E-state index in [4.69, 9.17) is 11.6 Å². The van der Waals surface area contributed by atoms with E-state index < -0.39 is 10.3 Å². The minimum Gasteiger partial charge on any atom is -0.125 e. The second-order valence-electron chi connectivity index (χ2n) is 23.4. The molecule has 5 aliphatic rings. The molecule has 260 valence electrons. The average Bonchev–Trinajstić information content (AvgIpc) is 4.13. The van der Waals surface area contributed by atoms with Gasteiger partial charge in [0.15, 0.2) is 0 Å². The molecule has 0 saturated heterocycles. The van der Waals surface area contributed by atoms with Gasteiger partial charge in [0, 0.05) is 5.88 Å². The van der Waals surface area contributed by atoms with E-state index in [-0.39, 0.29) is 0 Å². The predicted molar refractivity (Wildman–Crippen MR) is 269 cm³/mol. The number of benzene rings is 17. The van der Waals surface area contributed by atoms with Crippen LogP contribution in [-0.4, -0.2) is 5.88 Å². The Morgan fingerprint density at radius 1 is 0.175 bits per heavy atom. The maximum absolute atomic E-state index is 9.32. The standard InChI is InChI=1S/C61H2Cl2/c62-1-60-54-46-37-30-17-10-4-5-7-3-2-6(4)15(17)21-19-8(2)12-9(3)20-22-16(7)18-11(5)14-13(10)24-32-25(14)34-31(18)38-36(22)40-27(20)29-23(12)28-26(19)39(35(21)37)50(54)52-41(28)42(29)53-51(40)55-47(38)44(34)49-45(32)48(43(46)33(24)30)56(60)58(49)61(55,63)59(53)57(52)60/h1H2. The number of rotatable bonds is 1. The molecule has 27 aromatic rings. The largest absolute Gasteiger partial charge is 0.125 e. The van der Waals surface area contributed by atoms with Gasteiger partial charge in [0.1, 0.15) is 4.87 Å². The predicted octanol–water partition coefficient (Wildman–Crippen LogP) is 17.4. The first-order chi connectivity index (χ1) is 31.3. The first kappa shape index (κ1) is 22.9. The number of alkyl halides is 2. The summed E-state index contributed by atoms with van der Waals surface area (Å²) in [7, 11) is 0. The molecule has 0 bridgehead atoms. The van der Waals surface area contributed by atoms with Crippen molar-refractivity contribution in [2.45, 2.75) is 10.3 Å². The van der Waals surface area contributed by atoms with Gasteiger partial charge in [0.25, 0.3) is 0 Å². The van der Waals surface area contributed by atoms with Crippen LogP contribution in [0.3, 0.4) is 0 Å². The van der Waals surface area contributed by atoms with Crippen molar-refractivity contribution in [3.05, 3.63) is 33.4 Å². The molecule has 2 atom stereocenters. The van der Waals surface area contributed by atoms with E-state index >= 15 is 0 Å². The zero-order valence-corrected chi connectivity index (χ0v) is 33.0. The zero-order chi connectivity index (χ0) is 37.2. The second-order valence-corrected chi connectivity index (χ2v) is 24.3. The molecule has 0 spiro atoms. The molecule has 32 rings (SSSR count). The van der Waals surface area contributed by atoms with Gasteiger partial charge in [-0.3, -0.25) is 0 Å². The van der Waals surface area contributed by atoms with Crippen molar-refractivity contribution in [3.63, 3.8) is 0 Å². The van der Waals surface area contributed by atoms with Gasteiger partial charge in [-0.25, -0.2) is 0 Å². The van der Waals surface area contributed by atoms with Crippen molar-refractivity contribution in [2.75, 3.05) is 5.88 Å². The van der Waals surface area contributed by atoms with Crippen LogP contribution in [0.25, 0.3) is 280 Å². The lowest BCUT2D eigenvalue weighted by Crippen LogP contribution is -2.41. The Morgan fingerprint density at radius 3 is 0.587 bits per heavy atom. The van der Waals surface area contributed by atoms with Gasteiger partial charge in [-0.2, -0.15) is 0 Å². The highest BCUT2D eigenvalue weighted by molar-refractivity contribution is 6.82. The number of hydrogen-bond acceptors (Lipinski definition) is 0. The van der Waals surface area contributed by atoms with Crippen LogP contribution in [-0.2, 0) is 10.3 Å². The Kier molecular flexibility index (Phi) is 1.81. The molecule has 0 fully saturated rings. The van der Waals surface area contributed by atoms with E-state index in [1.54, 1.807) is 264 Å². The molecular weight excluding hydrogens is 804 g/mol. The third kappa shape index (κ3) is 1.14. The highest BCUT2D eigenvalue weighted by Crippen LogP contribution is 2.84. The second kappa shape index (κ2) is 4.96. The third-order valence-corrected chi connectivity index (χ3v) is 24.5. The first-order valence-corrected chi connectivity index (χ1v) is 24.2. The summed E-state index contributed by atoms with van der Waals surface area (Å²) >= 11 is 17.5. The first-order valence-electron chi connectivity index (χ1n) is 23.3. The van der Waals surface area contributed by atoms with E-state index in [0.29, 0.717) is 5.88 Å². The molecule has 0 nitrogen and oxygen atoms in total. The topological polar surface area (TPSA) is 0 Å². The minimum absolute atomic E-state index is 0.457. The summed E-state index contributed by atoms with van der Waals surface area (Å²) in [4.78, 5) is -0.766. The van der Waals surface area contributed by atoms with Gasteiger partial charge in [0.05, 0.1) is 5.41 Å². The van der Waals surface area contributed by atoms with Crippen LogP contribution in [0.2, 0.25) is 0 Å². The molecule has 27 aromatic carbocycles. The van der Waals surface area contributed by atoms with Gasteiger partial charge >= 0.3 is 0 Å². The van der Waals surface area contributed by atoms with Gasteiger partial charge < -0.3 is 0 Å². The van der Waals surface area contributed by atoms with Crippen molar-refractivity contribution in [3.8, 4) is 0 Å². The highest BCUT2D eigenvalue weighted by Gasteiger charge is 2.66. The van der Waals surface area contributed by atoms with Crippen molar-refractivity contribution in [1.29, 1.82) is 0 Å². The van der Waals surface area contributed by atoms with Crippen molar-refractivity contribution in [1.82, 2.24) is 0 Å². The molecule has 2 unspecified atom stereocenters. The van der Waals surface area contributed by atoms with Crippen LogP contribution in [0.5, 0.6) is 0 Å². The molecule has 0 N–H and O–H groups in total. The van der Waals surface area contributed by atoms with Crippen LogP contribution in [0, 0.1) is 0 Å². The summed E-state index contributed by atoms with van der Waals surface area (Å²) in [6.45, 7) is 0. The SMILES string of the molecule is ClCC12c3c4c5c6c7c8c9c%10c(c1c1c%11c2c2c%12c3c5c3c5c6c6c7c7c9c9c%13c%10c1c1c%10c%11c%11c2c2c%12c3c3c5c5c6c6c7c9c7c(c%131)c1c%10c%11c9c2c3c2c9c1c7c6c52)C48Cl. The molecule has 63 heavy (non-hydrogen) atoms. The fraction of sp³-hybridized carbons (Fsp3) is 0.0492. The average molecular weight is 806 g/mol. The number of hydrogen-bond donors (Lipinski definition) is 0. The Balaban J connectivity index is 1.31. The molecule has 0 saturated carbocycles. The van der Waals surface area contributed by atoms with Crippen LogP contribution in [0.15, 0.2) is 0 Å². The van der Waals surface area contributed by atoms with Crippen LogP contribution in [0.4, 0.5) is 0 Å². The Bertz CT molecular complexity index is 6990. The van der Waals surface area contributed by atoms with E-state index in [2.05, 4.69) is 0 Å². The maximum atomic E-state index is 9.32. The van der Waals surface area contributed by atoms with E-state index in [0.717, 1.165) is 0 Å². The summed E-state index contributed by atoms with van der Waals surface area (Å²) in [5.41, 5.74) is 8.58. The van der Waals surface area contributed by atoms with Gasteiger partial charge in [-0.15, -0.1) is 23.2 Å². The highest BCUT2D eigenvalue weighted by atomic mass is 35.5. The maximum Gasteiger partial charge on any atom is 0.123 e. The fourth-order valence-electron chi connectivity index (χ4n) is 23.5. The molecule has 0 aromatic heterocycles. The monoisotopic (exact) mass is 804 g/mol. The molecule has 0 aliphatic heterocycles. The summed E-state index contributed by atoms with van der Waals surface area (Å²) in [6.07, 6.45) is 0. The lowest BCUT2D eigenvalue weighted by Gasteiger charge is -2.45. The lowest BCUT2D eigenvalue weighted by molar-refractivity contribution is 0.673. The van der Waals surface area contributed by atoms with E-state index in [1.807, 2.05) is 0 Å². The number of halogens is 2. The van der Waals surface area contributed by atoms with Crippen LogP contribution < -0.4 is 0 Å². The summed E-state index contributed by atoms with van der Waals surface area (Å²) < 4.78 is 0. The van der Waals surface area contributed by atoms with Gasteiger partial charge in [0.2, 0.25) is 0 Å². The van der Waals surface area contributed by atoms with Crippen molar-refractivity contribution in [2.24, 2.45) is 0 Å². The van der Waals surface area contributed by atoms with Crippen LogP contribution >= 0.6 is 23.2 Å². The summed E-state index contributed by atoms with van der Waals surface area (Å²) in [5, 5.41) is 83.1. The van der Waals surface area contributed by atoms with E-state index in [1.165, 1.54) is 49.4 Å².